The fourth-order valence-corrected chi connectivity index (χ4v) is 3.43. The lowest BCUT2D eigenvalue weighted by Crippen LogP contribution is -2.24. The predicted molar refractivity (Wildman–Crippen MR) is 74.5 cm³/mol. The van der Waals surface area contributed by atoms with E-state index in [0.717, 1.165) is 5.75 Å². The Bertz CT molecular complexity index is 354. The van der Waals surface area contributed by atoms with E-state index in [1.807, 2.05) is 18.0 Å². The van der Waals surface area contributed by atoms with E-state index in [-0.39, 0.29) is 0 Å². The lowest BCUT2D eigenvalue weighted by atomic mass is 10.1. The number of likely N-dealkylation sites (tertiary alicyclic amines) is 1. The van der Waals surface area contributed by atoms with Crippen LogP contribution in [-0.4, -0.2) is 28.7 Å². The lowest BCUT2D eigenvalue weighted by Gasteiger charge is -2.25. The Morgan fingerprint density at radius 1 is 1.47 bits per heavy atom. The molecular formula is C14H22N2S. The second-order valence-corrected chi connectivity index (χ2v) is 5.78. The molecule has 0 spiro atoms. The molecule has 0 radical (unpaired) electrons. The van der Waals surface area contributed by atoms with Crippen molar-refractivity contribution in [2.75, 3.05) is 18.8 Å². The number of pyridine rings is 1. The zero-order valence-electron chi connectivity index (χ0n) is 10.9. The molecule has 17 heavy (non-hydrogen) atoms. The van der Waals surface area contributed by atoms with Gasteiger partial charge in [-0.3, -0.25) is 4.90 Å². The number of aromatic nitrogens is 1. The fourth-order valence-electron chi connectivity index (χ4n) is 2.65. The molecule has 1 saturated heterocycles. The van der Waals surface area contributed by atoms with Gasteiger partial charge >= 0.3 is 0 Å². The third-order valence-corrected chi connectivity index (χ3v) is 4.22. The average molecular weight is 250 g/mol. The molecule has 0 saturated carbocycles. The van der Waals surface area contributed by atoms with E-state index in [9.17, 15) is 0 Å². The minimum atomic E-state index is 0.609. The summed E-state index contributed by atoms with van der Waals surface area (Å²) in [5, 5.41) is 1.24. The quantitative estimate of drug-likeness (QED) is 0.741. The van der Waals surface area contributed by atoms with E-state index in [0.29, 0.717) is 6.04 Å². The number of nitrogens with zero attached hydrogens (tertiary/aromatic N) is 2. The Labute approximate surface area is 109 Å². The van der Waals surface area contributed by atoms with Gasteiger partial charge in [0, 0.05) is 17.8 Å². The van der Waals surface area contributed by atoms with E-state index >= 15 is 0 Å². The largest absolute Gasteiger partial charge is 0.296 e. The van der Waals surface area contributed by atoms with Crippen molar-refractivity contribution in [3.05, 3.63) is 23.9 Å². The summed E-state index contributed by atoms with van der Waals surface area (Å²) in [5.41, 5.74) is 1.45. The molecule has 2 heterocycles. The van der Waals surface area contributed by atoms with Gasteiger partial charge in [0.1, 0.15) is 5.03 Å². The van der Waals surface area contributed by atoms with Crippen molar-refractivity contribution in [3.8, 4) is 0 Å². The lowest BCUT2D eigenvalue weighted by molar-refractivity contribution is 0.254. The molecule has 0 aromatic carbocycles. The average Bonchev–Trinajstić information content (AvgIpc) is 2.79. The van der Waals surface area contributed by atoms with Crippen LogP contribution < -0.4 is 0 Å². The van der Waals surface area contributed by atoms with Gasteiger partial charge in [-0.05, 0) is 44.2 Å². The Balaban J connectivity index is 2.20. The molecule has 3 heteroatoms. The van der Waals surface area contributed by atoms with Crippen LogP contribution in [0.2, 0.25) is 0 Å². The Hall–Kier alpha value is -0.540. The van der Waals surface area contributed by atoms with Crippen molar-refractivity contribution < 1.29 is 0 Å². The minimum Gasteiger partial charge on any atom is -0.296 e. The van der Waals surface area contributed by atoms with Crippen molar-refractivity contribution in [2.45, 2.75) is 44.2 Å². The van der Waals surface area contributed by atoms with Crippen molar-refractivity contribution >= 4 is 11.8 Å². The summed E-state index contributed by atoms with van der Waals surface area (Å²) in [6.45, 7) is 6.93. The van der Waals surface area contributed by atoms with Gasteiger partial charge in [-0.25, -0.2) is 4.98 Å². The zero-order chi connectivity index (χ0) is 12.1. The Morgan fingerprint density at radius 3 is 3.12 bits per heavy atom. The minimum absolute atomic E-state index is 0.609. The summed E-state index contributed by atoms with van der Waals surface area (Å²) in [6.07, 6.45) is 5.78. The van der Waals surface area contributed by atoms with Gasteiger partial charge in [0.25, 0.3) is 0 Å². The summed E-state index contributed by atoms with van der Waals surface area (Å²) < 4.78 is 0. The maximum atomic E-state index is 4.54. The Morgan fingerprint density at radius 2 is 2.35 bits per heavy atom. The Kier molecular flexibility index (Phi) is 4.86. The summed E-state index contributed by atoms with van der Waals surface area (Å²) in [6, 6.07) is 4.96. The molecule has 0 N–H and O–H groups in total. The molecule has 1 aliphatic heterocycles. The van der Waals surface area contributed by atoms with Gasteiger partial charge in [0.05, 0.1) is 0 Å². The van der Waals surface area contributed by atoms with E-state index < -0.39 is 0 Å². The van der Waals surface area contributed by atoms with Gasteiger partial charge in [0.2, 0.25) is 0 Å². The highest BCUT2D eigenvalue weighted by Crippen LogP contribution is 2.36. The predicted octanol–water partition coefficient (Wildman–Crippen LogP) is 3.74. The summed E-state index contributed by atoms with van der Waals surface area (Å²) in [4.78, 5) is 7.17. The van der Waals surface area contributed by atoms with Gasteiger partial charge in [-0.2, -0.15) is 0 Å². The van der Waals surface area contributed by atoms with Gasteiger partial charge in [-0.15, -0.1) is 11.8 Å². The van der Waals surface area contributed by atoms with E-state index in [4.69, 9.17) is 0 Å². The van der Waals surface area contributed by atoms with E-state index in [2.05, 4.69) is 35.9 Å². The van der Waals surface area contributed by atoms with E-state index in [1.54, 1.807) is 0 Å². The highest BCUT2D eigenvalue weighted by Gasteiger charge is 2.27. The summed E-state index contributed by atoms with van der Waals surface area (Å²) in [5.74, 6) is 1.10. The third kappa shape index (κ3) is 3.02. The van der Waals surface area contributed by atoms with E-state index in [1.165, 1.54) is 42.9 Å². The highest BCUT2D eigenvalue weighted by atomic mass is 32.2. The van der Waals surface area contributed by atoms with Crippen LogP contribution in [0.5, 0.6) is 0 Å². The molecular weight excluding hydrogens is 228 g/mol. The summed E-state index contributed by atoms with van der Waals surface area (Å²) >= 11 is 1.87. The first-order chi connectivity index (χ1) is 8.36. The smallest absolute Gasteiger partial charge is 0.101 e. The number of hydrogen-bond donors (Lipinski definition) is 0. The zero-order valence-corrected chi connectivity index (χ0v) is 11.7. The standard InChI is InChI=1S/C14H22N2S/c1-3-10-16-11-6-8-13(16)12-7-5-9-15-14(12)17-4-2/h5,7,9,13H,3-4,6,8,10-11H2,1-2H3/t13-/m1/s1. The molecule has 2 rings (SSSR count). The second kappa shape index (κ2) is 6.41. The van der Waals surface area contributed by atoms with Gasteiger partial charge < -0.3 is 0 Å². The van der Waals surface area contributed by atoms with Crippen molar-refractivity contribution in [3.63, 3.8) is 0 Å². The fraction of sp³-hybridized carbons (Fsp3) is 0.643. The molecule has 0 aliphatic carbocycles. The molecule has 1 atom stereocenters. The SMILES string of the molecule is CCCN1CCC[C@@H]1c1cccnc1SCC. The van der Waals surface area contributed by atoms with Crippen LogP contribution in [0.3, 0.4) is 0 Å². The van der Waals surface area contributed by atoms with Crippen molar-refractivity contribution in [1.29, 1.82) is 0 Å². The van der Waals surface area contributed by atoms with Gasteiger partial charge in [-0.1, -0.05) is 19.9 Å². The first kappa shape index (κ1) is 12.9. The molecule has 1 aromatic rings. The second-order valence-electron chi connectivity index (χ2n) is 4.52. The van der Waals surface area contributed by atoms with Crippen molar-refractivity contribution in [2.24, 2.45) is 0 Å². The number of hydrogen-bond acceptors (Lipinski definition) is 3. The molecule has 1 aliphatic rings. The third-order valence-electron chi connectivity index (χ3n) is 3.32. The first-order valence-electron chi connectivity index (χ1n) is 6.68. The first-order valence-corrected chi connectivity index (χ1v) is 7.67. The van der Waals surface area contributed by atoms with Crippen LogP contribution in [0.25, 0.3) is 0 Å². The molecule has 0 amide bonds. The normalized spacial score (nSPS) is 20.9. The van der Waals surface area contributed by atoms with Crippen LogP contribution in [0.1, 0.15) is 44.7 Å². The van der Waals surface area contributed by atoms with Crippen molar-refractivity contribution in [1.82, 2.24) is 9.88 Å². The topological polar surface area (TPSA) is 16.1 Å². The number of rotatable bonds is 5. The van der Waals surface area contributed by atoms with Crippen LogP contribution in [0.4, 0.5) is 0 Å². The maximum absolute atomic E-state index is 4.54. The molecule has 0 unspecified atom stereocenters. The number of thioether (sulfide) groups is 1. The van der Waals surface area contributed by atoms with Gasteiger partial charge in [0.15, 0.2) is 0 Å². The monoisotopic (exact) mass is 250 g/mol. The molecule has 2 nitrogen and oxygen atoms in total. The molecule has 1 aromatic heterocycles. The highest BCUT2D eigenvalue weighted by molar-refractivity contribution is 7.99. The summed E-state index contributed by atoms with van der Waals surface area (Å²) in [7, 11) is 0. The maximum Gasteiger partial charge on any atom is 0.101 e. The molecule has 1 fully saturated rings. The van der Waals surface area contributed by atoms with Crippen LogP contribution in [0, 0.1) is 0 Å². The van der Waals surface area contributed by atoms with Crippen LogP contribution in [0.15, 0.2) is 23.4 Å². The van der Waals surface area contributed by atoms with Crippen LogP contribution >= 0.6 is 11.8 Å². The van der Waals surface area contributed by atoms with Crippen LogP contribution in [-0.2, 0) is 0 Å². The molecule has 94 valence electrons. The molecule has 0 bridgehead atoms.